The summed E-state index contributed by atoms with van der Waals surface area (Å²) in [7, 11) is 4.74. The molecular weight excluding hydrogens is 358 g/mol. The average molecular weight is 381 g/mol. The molecule has 0 spiro atoms. The number of ether oxygens (including phenoxy) is 3. The normalized spacial score (nSPS) is 10.6. The van der Waals surface area contributed by atoms with Gasteiger partial charge >= 0.3 is 0 Å². The van der Waals surface area contributed by atoms with E-state index in [0.717, 1.165) is 17.0 Å². The Kier molecular flexibility index (Phi) is 7.73. The number of nitrogens with one attached hydrogen (secondary N) is 2. The molecule has 146 valence electrons. The van der Waals surface area contributed by atoms with Crippen LogP contribution in [0.3, 0.4) is 0 Å². The molecule has 7 nitrogen and oxygen atoms in total. The number of anilines is 1. The number of nitriles is 1. The van der Waals surface area contributed by atoms with E-state index in [2.05, 4.69) is 10.6 Å². The Balaban J connectivity index is 1.90. The number of carbonyl (C=O) groups is 1. The standard InChI is InChI=1S/C21H23N3O4/c1-26-18-7-5-17(6-8-18)24-14-16(13-22)21(25)23-11-10-15-4-9-19(27-2)20(12-15)28-3/h4-9,12,14,24H,10-11H2,1-3H3,(H,23,25)/b16-14-. The van der Waals surface area contributed by atoms with Crippen molar-refractivity contribution in [1.29, 1.82) is 5.26 Å². The fraction of sp³-hybridized carbons (Fsp3) is 0.238. The van der Waals surface area contributed by atoms with Crippen molar-refractivity contribution >= 4 is 11.6 Å². The van der Waals surface area contributed by atoms with Gasteiger partial charge in [-0.05, 0) is 48.4 Å². The highest BCUT2D eigenvalue weighted by atomic mass is 16.5. The van der Waals surface area contributed by atoms with Crippen molar-refractivity contribution in [2.75, 3.05) is 33.2 Å². The van der Waals surface area contributed by atoms with Crippen molar-refractivity contribution in [2.45, 2.75) is 6.42 Å². The van der Waals surface area contributed by atoms with Gasteiger partial charge in [0.2, 0.25) is 0 Å². The molecule has 0 saturated heterocycles. The zero-order chi connectivity index (χ0) is 20.4. The van der Waals surface area contributed by atoms with E-state index in [-0.39, 0.29) is 5.57 Å². The molecule has 1 amide bonds. The molecule has 2 aromatic carbocycles. The molecule has 0 aliphatic carbocycles. The number of nitrogens with zero attached hydrogens (tertiary/aromatic N) is 1. The van der Waals surface area contributed by atoms with Crippen molar-refractivity contribution in [1.82, 2.24) is 5.32 Å². The first-order valence-corrected chi connectivity index (χ1v) is 8.61. The molecule has 2 N–H and O–H groups in total. The van der Waals surface area contributed by atoms with Gasteiger partial charge in [-0.15, -0.1) is 0 Å². The summed E-state index contributed by atoms with van der Waals surface area (Å²) in [4.78, 5) is 12.2. The molecule has 0 bridgehead atoms. The minimum atomic E-state index is -0.441. The van der Waals surface area contributed by atoms with Crippen LogP contribution in [-0.2, 0) is 11.2 Å². The predicted molar refractivity (Wildman–Crippen MR) is 107 cm³/mol. The summed E-state index contributed by atoms with van der Waals surface area (Å²) in [6.45, 7) is 0.385. The molecule has 0 unspecified atom stereocenters. The van der Waals surface area contributed by atoms with Crippen LogP contribution < -0.4 is 24.8 Å². The number of hydrogen-bond acceptors (Lipinski definition) is 6. The van der Waals surface area contributed by atoms with Crippen LogP contribution in [0.25, 0.3) is 0 Å². The van der Waals surface area contributed by atoms with Crippen LogP contribution in [0.15, 0.2) is 54.2 Å². The van der Waals surface area contributed by atoms with Crippen molar-refractivity contribution < 1.29 is 19.0 Å². The van der Waals surface area contributed by atoms with Gasteiger partial charge in [0.1, 0.15) is 17.4 Å². The van der Waals surface area contributed by atoms with Gasteiger partial charge in [0.15, 0.2) is 11.5 Å². The highest BCUT2D eigenvalue weighted by Gasteiger charge is 2.09. The summed E-state index contributed by atoms with van der Waals surface area (Å²) in [6.07, 6.45) is 1.98. The quantitative estimate of drug-likeness (QED) is 0.513. The lowest BCUT2D eigenvalue weighted by atomic mass is 10.1. The van der Waals surface area contributed by atoms with E-state index in [1.54, 1.807) is 45.6 Å². The lowest BCUT2D eigenvalue weighted by Crippen LogP contribution is -2.27. The highest BCUT2D eigenvalue weighted by Crippen LogP contribution is 2.27. The Morgan fingerprint density at radius 3 is 2.36 bits per heavy atom. The molecular formula is C21H23N3O4. The van der Waals surface area contributed by atoms with Crippen LogP contribution >= 0.6 is 0 Å². The number of carbonyl (C=O) groups excluding carboxylic acids is 1. The number of hydrogen-bond donors (Lipinski definition) is 2. The van der Waals surface area contributed by atoms with E-state index < -0.39 is 5.91 Å². The second-order valence-electron chi connectivity index (χ2n) is 5.74. The van der Waals surface area contributed by atoms with Crippen LogP contribution in [0.1, 0.15) is 5.56 Å². The molecule has 0 saturated carbocycles. The zero-order valence-corrected chi connectivity index (χ0v) is 16.1. The smallest absolute Gasteiger partial charge is 0.263 e. The molecule has 0 radical (unpaired) electrons. The fourth-order valence-electron chi connectivity index (χ4n) is 2.44. The summed E-state index contributed by atoms with van der Waals surface area (Å²) in [6, 6.07) is 14.6. The van der Waals surface area contributed by atoms with Gasteiger partial charge in [-0.25, -0.2) is 0 Å². The van der Waals surface area contributed by atoms with E-state index in [4.69, 9.17) is 14.2 Å². The molecule has 2 aromatic rings. The molecule has 0 fully saturated rings. The van der Waals surface area contributed by atoms with E-state index in [1.165, 1.54) is 6.20 Å². The van der Waals surface area contributed by atoms with Gasteiger partial charge in [0.05, 0.1) is 21.3 Å². The fourth-order valence-corrected chi connectivity index (χ4v) is 2.44. The maximum Gasteiger partial charge on any atom is 0.263 e. The van der Waals surface area contributed by atoms with E-state index in [1.807, 2.05) is 24.3 Å². The highest BCUT2D eigenvalue weighted by molar-refractivity contribution is 5.97. The topological polar surface area (TPSA) is 92.6 Å². The third kappa shape index (κ3) is 5.68. The van der Waals surface area contributed by atoms with Crippen molar-refractivity contribution in [2.24, 2.45) is 0 Å². The Bertz CT molecular complexity index is 870. The first kappa shape index (κ1) is 20.6. The van der Waals surface area contributed by atoms with Gasteiger partial charge in [0, 0.05) is 18.4 Å². The number of benzene rings is 2. The second kappa shape index (κ2) is 10.5. The van der Waals surface area contributed by atoms with Gasteiger partial charge < -0.3 is 24.8 Å². The van der Waals surface area contributed by atoms with Crippen LogP contribution in [-0.4, -0.2) is 33.8 Å². The number of amides is 1. The largest absolute Gasteiger partial charge is 0.497 e. The van der Waals surface area contributed by atoms with Crippen molar-refractivity contribution in [3.63, 3.8) is 0 Å². The second-order valence-corrected chi connectivity index (χ2v) is 5.74. The summed E-state index contributed by atoms with van der Waals surface area (Å²) >= 11 is 0. The Hall–Kier alpha value is -3.66. The molecule has 0 aromatic heterocycles. The van der Waals surface area contributed by atoms with Crippen LogP contribution in [0.4, 0.5) is 5.69 Å². The van der Waals surface area contributed by atoms with Gasteiger partial charge in [0.25, 0.3) is 5.91 Å². The molecule has 0 atom stereocenters. The van der Waals surface area contributed by atoms with E-state index in [0.29, 0.717) is 24.5 Å². The van der Waals surface area contributed by atoms with Crippen LogP contribution in [0.5, 0.6) is 17.2 Å². The Labute approximate surface area is 164 Å². The summed E-state index contributed by atoms with van der Waals surface area (Å²) in [5.41, 5.74) is 1.71. The van der Waals surface area contributed by atoms with Crippen molar-refractivity contribution in [3.8, 4) is 23.3 Å². The lowest BCUT2D eigenvalue weighted by molar-refractivity contribution is -0.117. The molecule has 2 rings (SSSR count). The van der Waals surface area contributed by atoms with E-state index in [9.17, 15) is 10.1 Å². The number of rotatable bonds is 9. The van der Waals surface area contributed by atoms with Gasteiger partial charge in [-0.3, -0.25) is 4.79 Å². The van der Waals surface area contributed by atoms with E-state index >= 15 is 0 Å². The maximum absolute atomic E-state index is 12.2. The SMILES string of the molecule is COc1ccc(N/C=C(/C#N)C(=O)NCCc2ccc(OC)c(OC)c2)cc1. The first-order chi connectivity index (χ1) is 13.6. The Morgan fingerprint density at radius 2 is 1.75 bits per heavy atom. The van der Waals surface area contributed by atoms with Gasteiger partial charge in [-0.2, -0.15) is 5.26 Å². The van der Waals surface area contributed by atoms with Crippen molar-refractivity contribution in [3.05, 3.63) is 59.8 Å². The Morgan fingerprint density at radius 1 is 1.04 bits per heavy atom. The molecule has 0 aliphatic rings. The summed E-state index contributed by atoms with van der Waals surface area (Å²) < 4.78 is 15.6. The molecule has 0 heterocycles. The third-order valence-electron chi connectivity index (χ3n) is 3.99. The minimum absolute atomic E-state index is 0.0110. The molecule has 0 aliphatic heterocycles. The maximum atomic E-state index is 12.2. The van der Waals surface area contributed by atoms with Gasteiger partial charge in [-0.1, -0.05) is 6.07 Å². The number of methoxy groups -OCH3 is 3. The molecule has 28 heavy (non-hydrogen) atoms. The minimum Gasteiger partial charge on any atom is -0.497 e. The lowest BCUT2D eigenvalue weighted by Gasteiger charge is -2.10. The van der Waals surface area contributed by atoms with Crippen LogP contribution in [0, 0.1) is 11.3 Å². The third-order valence-corrected chi connectivity index (χ3v) is 3.99. The van der Waals surface area contributed by atoms with Crippen LogP contribution in [0.2, 0.25) is 0 Å². The monoisotopic (exact) mass is 381 g/mol. The molecule has 7 heteroatoms. The zero-order valence-electron chi connectivity index (χ0n) is 16.1. The average Bonchev–Trinajstić information content (AvgIpc) is 2.74. The summed E-state index contributed by atoms with van der Waals surface area (Å²) in [5, 5.41) is 14.9. The summed E-state index contributed by atoms with van der Waals surface area (Å²) in [5.74, 6) is 1.56. The first-order valence-electron chi connectivity index (χ1n) is 8.61. The predicted octanol–water partition coefficient (Wildman–Crippen LogP) is 2.89.